The van der Waals surface area contributed by atoms with Crippen LogP contribution in [0.2, 0.25) is 0 Å². The molecular formula is C13H21N5O. The third-order valence-electron chi connectivity index (χ3n) is 3.12. The molecule has 19 heavy (non-hydrogen) atoms. The van der Waals surface area contributed by atoms with Crippen LogP contribution in [-0.2, 0) is 4.79 Å². The minimum atomic E-state index is -0.241. The van der Waals surface area contributed by atoms with E-state index in [0.29, 0.717) is 19.0 Å². The first-order chi connectivity index (χ1) is 9.11. The molecule has 1 aliphatic rings. The molecule has 1 atom stereocenters. The van der Waals surface area contributed by atoms with Crippen molar-refractivity contribution in [3.05, 3.63) is 17.5 Å². The summed E-state index contributed by atoms with van der Waals surface area (Å²) in [5.41, 5.74) is 1.85. The zero-order chi connectivity index (χ0) is 13.8. The van der Waals surface area contributed by atoms with E-state index in [1.165, 1.54) is 0 Å². The number of nitrogens with one attached hydrogen (secondary N) is 2. The van der Waals surface area contributed by atoms with Crippen molar-refractivity contribution >= 4 is 11.9 Å². The second kappa shape index (κ2) is 5.97. The Kier molecular flexibility index (Phi) is 4.31. The molecule has 0 radical (unpaired) electrons. The van der Waals surface area contributed by atoms with Gasteiger partial charge in [0.1, 0.15) is 6.04 Å². The summed E-state index contributed by atoms with van der Waals surface area (Å²) in [7, 11) is 0. The minimum Gasteiger partial charge on any atom is -0.355 e. The average Bonchev–Trinajstić information content (AvgIpc) is 2.38. The second-order valence-electron chi connectivity index (χ2n) is 4.76. The molecule has 1 unspecified atom stereocenters. The van der Waals surface area contributed by atoms with Crippen LogP contribution in [0.5, 0.6) is 0 Å². The highest BCUT2D eigenvalue weighted by Crippen LogP contribution is 2.15. The Balaban J connectivity index is 2.25. The van der Waals surface area contributed by atoms with Gasteiger partial charge in [-0.05, 0) is 26.8 Å². The van der Waals surface area contributed by atoms with Crippen LogP contribution in [0, 0.1) is 13.8 Å². The van der Waals surface area contributed by atoms with Crippen molar-refractivity contribution in [1.29, 1.82) is 0 Å². The predicted octanol–water partition coefficient (Wildman–Crippen LogP) is 0.00774. The van der Waals surface area contributed by atoms with Crippen molar-refractivity contribution in [3.8, 4) is 0 Å². The van der Waals surface area contributed by atoms with E-state index in [2.05, 4.69) is 20.6 Å². The van der Waals surface area contributed by atoms with E-state index in [9.17, 15) is 4.79 Å². The highest BCUT2D eigenvalue weighted by molar-refractivity contribution is 5.85. The van der Waals surface area contributed by atoms with Gasteiger partial charge in [0.25, 0.3) is 0 Å². The Morgan fingerprint density at radius 1 is 1.47 bits per heavy atom. The summed E-state index contributed by atoms with van der Waals surface area (Å²) in [5.74, 6) is 0.674. The number of carbonyl (C=O) groups is 1. The molecule has 1 amide bonds. The fraction of sp³-hybridized carbons (Fsp3) is 0.615. The van der Waals surface area contributed by atoms with Crippen molar-refractivity contribution in [2.24, 2.45) is 0 Å². The third-order valence-corrected chi connectivity index (χ3v) is 3.12. The smallest absolute Gasteiger partial charge is 0.244 e. The van der Waals surface area contributed by atoms with Crippen LogP contribution in [0.1, 0.15) is 18.3 Å². The fourth-order valence-electron chi connectivity index (χ4n) is 2.31. The summed E-state index contributed by atoms with van der Waals surface area (Å²) in [6.07, 6.45) is 0. The predicted molar refractivity (Wildman–Crippen MR) is 74.2 cm³/mol. The number of likely N-dealkylation sites (N-methyl/N-ethyl adjacent to an activating group) is 1. The summed E-state index contributed by atoms with van der Waals surface area (Å²) >= 11 is 0. The molecule has 6 heteroatoms. The largest absolute Gasteiger partial charge is 0.355 e. The summed E-state index contributed by atoms with van der Waals surface area (Å²) < 4.78 is 0. The van der Waals surface area contributed by atoms with Gasteiger partial charge in [-0.25, -0.2) is 9.97 Å². The van der Waals surface area contributed by atoms with Gasteiger partial charge in [-0.3, -0.25) is 4.79 Å². The molecule has 2 N–H and O–H groups in total. The van der Waals surface area contributed by atoms with Crippen LogP contribution in [0.15, 0.2) is 6.07 Å². The number of nitrogens with zero attached hydrogens (tertiary/aromatic N) is 3. The Labute approximate surface area is 113 Å². The monoisotopic (exact) mass is 263 g/mol. The zero-order valence-corrected chi connectivity index (χ0v) is 11.7. The lowest BCUT2D eigenvalue weighted by molar-refractivity contribution is -0.122. The van der Waals surface area contributed by atoms with E-state index in [-0.39, 0.29) is 11.9 Å². The number of hydrogen-bond acceptors (Lipinski definition) is 5. The van der Waals surface area contributed by atoms with Crippen LogP contribution in [0.3, 0.4) is 0 Å². The molecule has 104 valence electrons. The van der Waals surface area contributed by atoms with Crippen molar-refractivity contribution in [3.63, 3.8) is 0 Å². The molecule has 0 saturated carbocycles. The molecule has 2 heterocycles. The van der Waals surface area contributed by atoms with Gasteiger partial charge in [0.05, 0.1) is 0 Å². The van der Waals surface area contributed by atoms with E-state index in [4.69, 9.17) is 0 Å². The van der Waals surface area contributed by atoms with Gasteiger partial charge in [0.15, 0.2) is 0 Å². The molecule has 0 spiro atoms. The molecule has 0 aromatic carbocycles. The van der Waals surface area contributed by atoms with E-state index in [0.717, 1.165) is 24.5 Å². The highest BCUT2D eigenvalue weighted by atomic mass is 16.2. The molecule has 0 aliphatic carbocycles. The first-order valence-electron chi connectivity index (χ1n) is 6.69. The summed E-state index contributed by atoms with van der Waals surface area (Å²) in [5, 5.41) is 6.11. The van der Waals surface area contributed by atoms with Gasteiger partial charge < -0.3 is 15.5 Å². The Morgan fingerprint density at radius 2 is 2.16 bits per heavy atom. The number of hydrogen-bond donors (Lipinski definition) is 2. The number of carbonyl (C=O) groups excluding carboxylic acids is 1. The lowest BCUT2D eigenvalue weighted by Crippen LogP contribution is -2.58. The number of aryl methyl sites for hydroxylation is 2. The summed E-state index contributed by atoms with van der Waals surface area (Å²) in [6.45, 7) is 8.66. The van der Waals surface area contributed by atoms with E-state index >= 15 is 0 Å². The normalized spacial score (nSPS) is 19.3. The number of anilines is 1. The molecule has 1 aromatic heterocycles. The maximum atomic E-state index is 12.1. The molecular weight excluding hydrogens is 242 g/mol. The van der Waals surface area contributed by atoms with Crippen molar-refractivity contribution in [2.75, 3.05) is 31.1 Å². The molecule has 1 aliphatic heterocycles. The SMILES string of the molecule is CCNC(=O)C1CNCCN1c1nc(C)cc(C)n1. The summed E-state index contributed by atoms with van der Waals surface area (Å²) in [6, 6.07) is 1.70. The van der Waals surface area contributed by atoms with Crippen LogP contribution < -0.4 is 15.5 Å². The quantitative estimate of drug-likeness (QED) is 0.804. The molecule has 2 rings (SSSR count). The second-order valence-corrected chi connectivity index (χ2v) is 4.76. The van der Waals surface area contributed by atoms with Crippen LogP contribution in [0.25, 0.3) is 0 Å². The molecule has 1 saturated heterocycles. The standard InChI is InChI=1S/C13H21N5O/c1-4-15-12(19)11-8-14-5-6-18(11)13-16-9(2)7-10(3)17-13/h7,11,14H,4-6,8H2,1-3H3,(H,15,19). The van der Waals surface area contributed by atoms with E-state index < -0.39 is 0 Å². The van der Waals surface area contributed by atoms with Crippen molar-refractivity contribution < 1.29 is 4.79 Å². The Morgan fingerprint density at radius 3 is 2.79 bits per heavy atom. The summed E-state index contributed by atoms with van der Waals surface area (Å²) in [4.78, 5) is 23.0. The van der Waals surface area contributed by atoms with Gasteiger partial charge in [0, 0.05) is 37.6 Å². The maximum absolute atomic E-state index is 12.1. The number of rotatable bonds is 3. The van der Waals surface area contributed by atoms with Crippen molar-refractivity contribution in [1.82, 2.24) is 20.6 Å². The minimum absolute atomic E-state index is 0.0254. The highest BCUT2D eigenvalue weighted by Gasteiger charge is 2.30. The van der Waals surface area contributed by atoms with Crippen LogP contribution in [0.4, 0.5) is 5.95 Å². The van der Waals surface area contributed by atoms with Crippen molar-refractivity contribution in [2.45, 2.75) is 26.8 Å². The number of amides is 1. The van der Waals surface area contributed by atoms with Gasteiger partial charge in [-0.1, -0.05) is 0 Å². The molecule has 1 aromatic rings. The molecule has 6 nitrogen and oxygen atoms in total. The third kappa shape index (κ3) is 3.20. The van der Waals surface area contributed by atoms with E-state index in [1.807, 2.05) is 31.7 Å². The topological polar surface area (TPSA) is 70.2 Å². The zero-order valence-electron chi connectivity index (χ0n) is 11.7. The van der Waals surface area contributed by atoms with E-state index in [1.54, 1.807) is 0 Å². The fourth-order valence-corrected chi connectivity index (χ4v) is 2.31. The molecule has 1 fully saturated rings. The Hall–Kier alpha value is -1.69. The Bertz CT molecular complexity index is 442. The average molecular weight is 263 g/mol. The maximum Gasteiger partial charge on any atom is 0.244 e. The first kappa shape index (κ1) is 13.7. The lowest BCUT2D eigenvalue weighted by Gasteiger charge is -2.35. The number of piperazine rings is 1. The molecule has 0 bridgehead atoms. The lowest BCUT2D eigenvalue weighted by atomic mass is 10.2. The van der Waals surface area contributed by atoms with Crippen LogP contribution >= 0.6 is 0 Å². The number of aromatic nitrogens is 2. The van der Waals surface area contributed by atoms with Crippen LogP contribution in [-0.4, -0.2) is 48.1 Å². The van der Waals surface area contributed by atoms with Gasteiger partial charge in [-0.2, -0.15) is 0 Å². The first-order valence-corrected chi connectivity index (χ1v) is 6.69. The van der Waals surface area contributed by atoms with Gasteiger partial charge in [-0.15, -0.1) is 0 Å². The van der Waals surface area contributed by atoms with Gasteiger partial charge in [0.2, 0.25) is 11.9 Å². The van der Waals surface area contributed by atoms with Gasteiger partial charge >= 0.3 is 0 Å².